The molecular weight excluding hydrogens is 636 g/mol. The molecule has 3 heterocycles. The molecule has 43 heavy (non-hydrogen) atoms. The van der Waals surface area contributed by atoms with Gasteiger partial charge in [-0.1, -0.05) is 0 Å². The number of amides is 1. The molecule has 0 radical (unpaired) electrons. The third-order valence-corrected chi connectivity index (χ3v) is 14.2. The third kappa shape index (κ3) is 7.05. The Kier molecular flexibility index (Phi) is 8.94. The minimum absolute atomic E-state index is 0.00632. The summed E-state index contributed by atoms with van der Waals surface area (Å²) in [6.07, 6.45) is 0.0248. The standard InChI is InChI=1S/C31H42F3GeN5O2S/c1-21-19-29(2,3)39(20-21)27-22(28(41)38-43-24-10-8-7-9-23(24)35(4,5)6)11-12-25(36-27)40-17-13-26(37-40)42-18-16-30(14-15-30)31(32,33)34/h7-13,17,21,26,37H,14-16,18-20H2,1-6H3,(H,38,41). The number of anilines is 2. The van der Waals surface area contributed by atoms with Crippen LogP contribution in [0, 0.1) is 11.3 Å². The van der Waals surface area contributed by atoms with E-state index in [0.717, 1.165) is 17.9 Å². The van der Waals surface area contributed by atoms with E-state index in [0.29, 0.717) is 23.1 Å². The number of benzene rings is 1. The number of rotatable bonds is 10. The van der Waals surface area contributed by atoms with E-state index >= 15 is 0 Å². The van der Waals surface area contributed by atoms with Crippen LogP contribution in [-0.4, -0.2) is 55.3 Å². The predicted octanol–water partition coefficient (Wildman–Crippen LogP) is 6.60. The summed E-state index contributed by atoms with van der Waals surface area (Å²) in [5.74, 6) is 8.40. The van der Waals surface area contributed by atoms with Gasteiger partial charge in [-0.25, -0.2) is 0 Å². The molecule has 1 saturated carbocycles. The number of hydrogen-bond acceptors (Lipinski definition) is 7. The van der Waals surface area contributed by atoms with Crippen molar-refractivity contribution in [2.45, 2.75) is 86.6 Å². The number of carbonyl (C=O) groups excluding carboxylic acids is 1. The number of hydrazine groups is 1. The first kappa shape index (κ1) is 32.2. The predicted molar refractivity (Wildman–Crippen MR) is 169 cm³/mol. The van der Waals surface area contributed by atoms with E-state index in [1.165, 1.54) is 16.3 Å². The molecular formula is C31H42F3GeN5O2S. The number of nitrogens with one attached hydrogen (secondary N) is 2. The average Bonchev–Trinajstić information content (AvgIpc) is 3.49. The fourth-order valence-corrected chi connectivity index (χ4v) is 11.6. The molecule has 1 aromatic carbocycles. The SMILES string of the molecule is CC1CN(c2nc(N3C=CC(OCCC4(C(F)(F)F)CC4)N3)ccc2C(=O)NSc2cccc[c]2[Ge]([CH3])([CH3])[CH3])C(C)(C)C1. The van der Waals surface area contributed by atoms with Crippen LogP contribution in [0.15, 0.2) is 53.6 Å². The van der Waals surface area contributed by atoms with Crippen molar-refractivity contribution >= 4 is 47.2 Å². The zero-order chi connectivity index (χ0) is 31.2. The van der Waals surface area contributed by atoms with Gasteiger partial charge in [0.2, 0.25) is 0 Å². The molecule has 2 unspecified atom stereocenters. The summed E-state index contributed by atoms with van der Waals surface area (Å²) in [5, 5.41) is 1.69. The number of nitrogens with zero attached hydrogens (tertiary/aromatic N) is 3. The fourth-order valence-electron chi connectivity index (χ4n) is 6.08. The first-order chi connectivity index (χ1) is 20.1. The van der Waals surface area contributed by atoms with Crippen LogP contribution in [0.4, 0.5) is 24.8 Å². The summed E-state index contributed by atoms with van der Waals surface area (Å²) in [6.45, 7) is 7.31. The summed E-state index contributed by atoms with van der Waals surface area (Å²) >= 11 is -0.796. The number of ether oxygens (including phenoxy) is 1. The van der Waals surface area contributed by atoms with Gasteiger partial charge in [0.1, 0.15) is 0 Å². The molecule has 0 spiro atoms. The molecule has 1 aromatic heterocycles. The zero-order valence-corrected chi connectivity index (χ0v) is 28.6. The number of aromatic nitrogens is 1. The second-order valence-electron chi connectivity index (χ2n) is 13.7. The summed E-state index contributed by atoms with van der Waals surface area (Å²) in [4.78, 5) is 21.9. The van der Waals surface area contributed by atoms with Crippen molar-refractivity contribution in [1.82, 2.24) is 15.1 Å². The molecule has 1 amide bonds. The number of hydrogen-bond donors (Lipinski definition) is 2. The van der Waals surface area contributed by atoms with Crippen molar-refractivity contribution in [3.63, 3.8) is 0 Å². The van der Waals surface area contributed by atoms with Crippen LogP contribution in [0.3, 0.4) is 0 Å². The summed E-state index contributed by atoms with van der Waals surface area (Å²) in [5.41, 5.74) is 1.86. The van der Waals surface area contributed by atoms with Gasteiger partial charge in [0.15, 0.2) is 0 Å². The van der Waals surface area contributed by atoms with Gasteiger partial charge in [-0.3, -0.25) is 0 Å². The van der Waals surface area contributed by atoms with Gasteiger partial charge in [-0.15, -0.1) is 0 Å². The van der Waals surface area contributed by atoms with E-state index in [1.807, 2.05) is 6.07 Å². The zero-order valence-electron chi connectivity index (χ0n) is 25.7. The normalized spacial score (nSPS) is 22.7. The van der Waals surface area contributed by atoms with Crippen molar-refractivity contribution in [3.8, 4) is 0 Å². The summed E-state index contributed by atoms with van der Waals surface area (Å²) in [7, 11) is 0. The number of carbonyl (C=O) groups is 1. The van der Waals surface area contributed by atoms with E-state index < -0.39 is 31.1 Å². The molecule has 1 saturated heterocycles. The van der Waals surface area contributed by atoms with Crippen LogP contribution in [0.5, 0.6) is 0 Å². The van der Waals surface area contributed by atoms with Crippen molar-refractivity contribution in [1.29, 1.82) is 0 Å². The van der Waals surface area contributed by atoms with Crippen molar-refractivity contribution in [3.05, 3.63) is 54.2 Å². The van der Waals surface area contributed by atoms with Gasteiger partial charge in [0, 0.05) is 6.61 Å². The topological polar surface area (TPSA) is 69.7 Å². The van der Waals surface area contributed by atoms with Gasteiger partial charge in [-0.2, -0.15) is 13.2 Å². The van der Waals surface area contributed by atoms with E-state index in [1.54, 1.807) is 29.4 Å². The van der Waals surface area contributed by atoms with Crippen molar-refractivity contribution < 1.29 is 22.7 Å². The van der Waals surface area contributed by atoms with Gasteiger partial charge < -0.3 is 4.74 Å². The Morgan fingerprint density at radius 2 is 1.91 bits per heavy atom. The van der Waals surface area contributed by atoms with Gasteiger partial charge >= 0.3 is 211 Å². The Labute approximate surface area is 259 Å². The third-order valence-electron chi connectivity index (χ3n) is 8.64. The Morgan fingerprint density at radius 1 is 1.19 bits per heavy atom. The summed E-state index contributed by atoms with van der Waals surface area (Å²) < 4.78 is 50.0. The molecule has 12 heteroatoms. The summed E-state index contributed by atoms with van der Waals surface area (Å²) in [6, 6.07) is 11.8. The van der Waals surface area contributed by atoms with Crippen molar-refractivity contribution in [2.24, 2.45) is 11.3 Å². The molecule has 7 nitrogen and oxygen atoms in total. The van der Waals surface area contributed by atoms with Gasteiger partial charge in [0.25, 0.3) is 0 Å². The molecule has 2 aromatic rings. The maximum absolute atomic E-state index is 13.7. The van der Waals surface area contributed by atoms with Crippen LogP contribution in [-0.2, 0) is 4.74 Å². The van der Waals surface area contributed by atoms with Crippen LogP contribution in [0.1, 0.15) is 56.8 Å². The fraction of sp³-hybridized carbons (Fsp3) is 0.548. The molecule has 5 rings (SSSR count). The van der Waals surface area contributed by atoms with Crippen LogP contribution in [0.2, 0.25) is 17.3 Å². The average molecular weight is 678 g/mol. The number of alkyl halides is 3. The van der Waals surface area contributed by atoms with Gasteiger partial charge in [-0.05, 0) is 19.3 Å². The Balaban J connectivity index is 1.32. The quantitative estimate of drug-likeness (QED) is 0.217. The van der Waals surface area contributed by atoms with Crippen LogP contribution < -0.4 is 24.5 Å². The maximum atomic E-state index is 13.7. The number of halogens is 3. The van der Waals surface area contributed by atoms with E-state index in [-0.39, 0.29) is 37.3 Å². The Hall–Kier alpha value is -2.22. The molecule has 2 N–H and O–H groups in total. The molecule has 2 atom stereocenters. The molecule has 1 aliphatic carbocycles. The van der Waals surface area contributed by atoms with Crippen molar-refractivity contribution in [2.75, 3.05) is 23.1 Å². The van der Waals surface area contributed by atoms with Crippen LogP contribution in [0.25, 0.3) is 0 Å². The molecule has 0 bridgehead atoms. The van der Waals surface area contributed by atoms with Crippen LogP contribution >= 0.6 is 11.9 Å². The molecule has 234 valence electrons. The Morgan fingerprint density at radius 3 is 2.53 bits per heavy atom. The second-order valence-corrected chi connectivity index (χ2v) is 25.1. The van der Waals surface area contributed by atoms with E-state index in [2.05, 4.69) is 71.3 Å². The van der Waals surface area contributed by atoms with E-state index in [4.69, 9.17) is 9.72 Å². The molecule has 2 aliphatic heterocycles. The molecule has 2 fully saturated rings. The Bertz CT molecular complexity index is 1380. The second kappa shape index (κ2) is 11.9. The first-order valence-electron chi connectivity index (χ1n) is 14.9. The number of pyridine rings is 1. The first-order valence-corrected chi connectivity index (χ1v) is 23.0. The monoisotopic (exact) mass is 679 g/mol. The van der Waals surface area contributed by atoms with E-state index in [9.17, 15) is 18.0 Å². The minimum atomic E-state index is -4.19. The van der Waals surface area contributed by atoms with Gasteiger partial charge in [0.05, 0.1) is 5.41 Å². The molecule has 3 aliphatic rings.